The fourth-order valence-electron chi connectivity index (χ4n) is 3.41. The lowest BCUT2D eigenvalue weighted by Crippen LogP contribution is -2.48. The Labute approximate surface area is 158 Å². The van der Waals surface area contributed by atoms with Crippen LogP contribution in [0.2, 0.25) is 0 Å². The number of rotatable bonds is 8. The number of hydrogen-bond acceptors (Lipinski definition) is 4. The van der Waals surface area contributed by atoms with Gasteiger partial charge in [-0.05, 0) is 57.5 Å². The van der Waals surface area contributed by atoms with Gasteiger partial charge in [-0.1, -0.05) is 6.07 Å². The highest BCUT2D eigenvalue weighted by atomic mass is 16.5. The van der Waals surface area contributed by atoms with E-state index in [2.05, 4.69) is 43.7 Å². The molecule has 146 valence electrons. The number of piperazine rings is 1. The Hall–Kier alpha value is -1.59. The lowest BCUT2D eigenvalue weighted by Gasteiger charge is -2.36. The van der Waals surface area contributed by atoms with Crippen molar-refractivity contribution in [2.75, 3.05) is 53.4 Å². The van der Waals surface area contributed by atoms with Crippen molar-refractivity contribution >= 4 is 5.91 Å². The summed E-state index contributed by atoms with van der Waals surface area (Å²) in [6.07, 6.45) is 1.53. The fourth-order valence-corrected chi connectivity index (χ4v) is 3.41. The maximum Gasteiger partial charge on any atom is 0.222 e. The molecule has 1 amide bonds. The quantitative estimate of drug-likeness (QED) is 0.713. The zero-order valence-corrected chi connectivity index (χ0v) is 17.1. The van der Waals surface area contributed by atoms with Crippen LogP contribution in [0.1, 0.15) is 30.9 Å². The van der Waals surface area contributed by atoms with Gasteiger partial charge in [-0.15, -0.1) is 0 Å². The lowest BCUT2D eigenvalue weighted by molar-refractivity contribution is -0.130. The number of nitrogens with zero attached hydrogens (tertiary/aromatic N) is 3. The number of carbonyl (C=O) groups is 1. The summed E-state index contributed by atoms with van der Waals surface area (Å²) < 4.78 is 5.81. The molecular formula is C21H35N3O2. The molecule has 2 rings (SSSR count). The molecule has 0 bridgehead atoms. The first-order chi connectivity index (χ1) is 12.3. The van der Waals surface area contributed by atoms with E-state index in [1.54, 1.807) is 4.90 Å². The van der Waals surface area contributed by atoms with Crippen molar-refractivity contribution in [1.29, 1.82) is 0 Å². The summed E-state index contributed by atoms with van der Waals surface area (Å²) in [7, 11) is 4.04. The van der Waals surface area contributed by atoms with Gasteiger partial charge in [0.15, 0.2) is 0 Å². The van der Waals surface area contributed by atoms with Gasteiger partial charge < -0.3 is 14.5 Å². The van der Waals surface area contributed by atoms with Crippen molar-refractivity contribution in [3.05, 3.63) is 29.3 Å². The van der Waals surface area contributed by atoms with Crippen molar-refractivity contribution in [2.45, 2.75) is 39.7 Å². The third-order valence-corrected chi connectivity index (χ3v) is 5.25. The minimum atomic E-state index is 0.204. The molecule has 0 spiro atoms. The Kier molecular flexibility index (Phi) is 7.91. The third-order valence-electron chi connectivity index (χ3n) is 5.25. The van der Waals surface area contributed by atoms with E-state index >= 15 is 0 Å². The fraction of sp³-hybridized carbons (Fsp3) is 0.667. The number of likely N-dealkylation sites (N-methyl/N-ethyl adjacent to an activating group) is 2. The third kappa shape index (κ3) is 6.61. The minimum Gasteiger partial charge on any atom is -0.492 e. The second-order valence-corrected chi connectivity index (χ2v) is 7.71. The smallest absolute Gasteiger partial charge is 0.222 e. The Bertz CT molecular complexity index is 562. The van der Waals surface area contributed by atoms with Crippen LogP contribution in [0.3, 0.4) is 0 Å². The topological polar surface area (TPSA) is 36.0 Å². The number of carbonyl (C=O) groups excluding carboxylic acids is 1. The van der Waals surface area contributed by atoms with Crippen LogP contribution >= 0.6 is 0 Å². The molecule has 1 aromatic carbocycles. The van der Waals surface area contributed by atoms with Gasteiger partial charge in [-0.25, -0.2) is 0 Å². The summed E-state index contributed by atoms with van der Waals surface area (Å²) in [5.41, 5.74) is 2.39. The molecule has 0 N–H and O–H groups in total. The van der Waals surface area contributed by atoms with Gasteiger partial charge in [0.2, 0.25) is 5.91 Å². The molecule has 0 aromatic heterocycles. The molecule has 1 saturated heterocycles. The molecule has 1 aliphatic heterocycles. The highest BCUT2D eigenvalue weighted by molar-refractivity contribution is 5.75. The molecule has 0 unspecified atom stereocenters. The zero-order chi connectivity index (χ0) is 19.1. The van der Waals surface area contributed by atoms with Gasteiger partial charge >= 0.3 is 0 Å². The van der Waals surface area contributed by atoms with E-state index in [4.69, 9.17) is 4.74 Å². The normalized spacial score (nSPS) is 17.1. The van der Waals surface area contributed by atoms with Crippen molar-refractivity contribution < 1.29 is 9.53 Å². The van der Waals surface area contributed by atoms with E-state index in [1.165, 1.54) is 11.1 Å². The zero-order valence-electron chi connectivity index (χ0n) is 17.1. The van der Waals surface area contributed by atoms with Crippen molar-refractivity contribution in [3.8, 4) is 5.75 Å². The Morgan fingerprint density at radius 1 is 1.15 bits per heavy atom. The molecule has 5 heteroatoms. The highest BCUT2D eigenvalue weighted by Gasteiger charge is 2.20. The molecule has 0 radical (unpaired) electrons. The number of aryl methyl sites for hydroxylation is 2. The van der Waals surface area contributed by atoms with Gasteiger partial charge in [0, 0.05) is 45.7 Å². The molecule has 1 aliphatic rings. The molecule has 0 saturated carbocycles. The Morgan fingerprint density at radius 3 is 2.38 bits per heavy atom. The number of amides is 1. The molecule has 0 aliphatic carbocycles. The first kappa shape index (κ1) is 20.7. The molecule has 26 heavy (non-hydrogen) atoms. The Balaban J connectivity index is 1.67. The average molecular weight is 362 g/mol. The summed E-state index contributed by atoms with van der Waals surface area (Å²) in [5, 5.41) is 0. The second kappa shape index (κ2) is 9.93. The maximum absolute atomic E-state index is 12.4. The van der Waals surface area contributed by atoms with Gasteiger partial charge in [-0.3, -0.25) is 9.69 Å². The van der Waals surface area contributed by atoms with Crippen LogP contribution in [0.25, 0.3) is 0 Å². The molecule has 1 heterocycles. The van der Waals surface area contributed by atoms with Crippen LogP contribution in [0.15, 0.2) is 18.2 Å². The van der Waals surface area contributed by atoms with Gasteiger partial charge in [-0.2, -0.15) is 0 Å². The van der Waals surface area contributed by atoms with Crippen LogP contribution in [-0.4, -0.2) is 80.1 Å². The number of hydrogen-bond donors (Lipinski definition) is 0. The highest BCUT2D eigenvalue weighted by Crippen LogP contribution is 2.16. The van der Waals surface area contributed by atoms with E-state index in [1.807, 2.05) is 19.2 Å². The van der Waals surface area contributed by atoms with Crippen molar-refractivity contribution in [1.82, 2.24) is 14.7 Å². The second-order valence-electron chi connectivity index (χ2n) is 7.71. The predicted molar refractivity (Wildman–Crippen MR) is 107 cm³/mol. The van der Waals surface area contributed by atoms with Crippen LogP contribution in [0.5, 0.6) is 5.75 Å². The first-order valence-corrected chi connectivity index (χ1v) is 9.73. The summed E-state index contributed by atoms with van der Waals surface area (Å²) in [5.74, 6) is 1.09. The number of ether oxygens (including phenoxy) is 1. The summed E-state index contributed by atoms with van der Waals surface area (Å²) in [4.78, 5) is 19.0. The summed E-state index contributed by atoms with van der Waals surface area (Å²) in [6, 6.07) is 6.66. The molecular weight excluding hydrogens is 326 g/mol. The molecule has 1 atom stereocenters. The van der Waals surface area contributed by atoms with E-state index in [-0.39, 0.29) is 5.91 Å². The minimum absolute atomic E-state index is 0.204. The van der Waals surface area contributed by atoms with E-state index in [0.717, 1.165) is 38.3 Å². The van der Waals surface area contributed by atoms with Crippen LogP contribution in [0, 0.1) is 13.8 Å². The van der Waals surface area contributed by atoms with Crippen molar-refractivity contribution in [2.24, 2.45) is 0 Å². The predicted octanol–water partition coefficient (Wildman–Crippen LogP) is 2.56. The van der Waals surface area contributed by atoms with Crippen molar-refractivity contribution in [3.63, 3.8) is 0 Å². The Morgan fingerprint density at radius 2 is 1.77 bits per heavy atom. The standard InChI is InChI=1S/C21H35N3O2/c1-17-14-18(2)16-20(15-17)26-13-12-23(5)21(25)7-6-19(3)24-10-8-22(4)9-11-24/h14-16,19H,6-13H2,1-5H3/t19-/m0/s1. The van der Waals surface area contributed by atoms with Crippen LogP contribution in [-0.2, 0) is 4.79 Å². The van der Waals surface area contributed by atoms with Gasteiger partial charge in [0.25, 0.3) is 0 Å². The van der Waals surface area contributed by atoms with E-state index < -0.39 is 0 Å². The average Bonchev–Trinajstić information content (AvgIpc) is 2.59. The first-order valence-electron chi connectivity index (χ1n) is 9.73. The van der Waals surface area contributed by atoms with Crippen LogP contribution in [0.4, 0.5) is 0 Å². The monoisotopic (exact) mass is 361 g/mol. The largest absolute Gasteiger partial charge is 0.492 e. The van der Waals surface area contributed by atoms with Gasteiger partial charge in [0.1, 0.15) is 12.4 Å². The van der Waals surface area contributed by atoms with E-state index in [0.29, 0.717) is 25.6 Å². The SMILES string of the molecule is Cc1cc(C)cc(OCCN(C)C(=O)CC[C@H](C)N2CCN(C)CC2)c1. The van der Waals surface area contributed by atoms with Gasteiger partial charge in [0.05, 0.1) is 6.54 Å². The van der Waals surface area contributed by atoms with E-state index in [9.17, 15) is 4.79 Å². The number of benzene rings is 1. The lowest BCUT2D eigenvalue weighted by atomic mass is 10.1. The summed E-state index contributed by atoms with van der Waals surface area (Å²) in [6.45, 7) is 12.0. The maximum atomic E-state index is 12.4. The molecule has 1 aromatic rings. The van der Waals surface area contributed by atoms with Crippen LogP contribution < -0.4 is 4.74 Å². The molecule has 5 nitrogen and oxygen atoms in total. The molecule has 1 fully saturated rings. The summed E-state index contributed by atoms with van der Waals surface area (Å²) >= 11 is 0.